The number of rotatable bonds is 5. The van der Waals surface area contributed by atoms with Crippen LogP contribution in [0.25, 0.3) is 0 Å². The fourth-order valence-electron chi connectivity index (χ4n) is 1.53. The first-order valence-electron chi connectivity index (χ1n) is 5.90. The van der Waals surface area contributed by atoms with Gasteiger partial charge in [0.05, 0.1) is 11.7 Å². The number of nitrogens with two attached hydrogens (primary N) is 1. The predicted octanol–water partition coefficient (Wildman–Crippen LogP) is 2.16. The van der Waals surface area contributed by atoms with Crippen LogP contribution in [0.4, 0.5) is 5.69 Å². The second kappa shape index (κ2) is 6.25. The number of anilines is 1. The number of aryl methyl sites for hydroxylation is 1. The zero-order valence-electron chi connectivity index (χ0n) is 10.4. The Morgan fingerprint density at radius 3 is 2.88 bits per heavy atom. The zero-order chi connectivity index (χ0) is 12.8. The first kappa shape index (κ1) is 13.5. The number of carbonyl (C=O) groups excluding carboxylic acids is 1. The van der Waals surface area contributed by atoms with Crippen molar-refractivity contribution in [2.45, 2.75) is 39.2 Å². The summed E-state index contributed by atoms with van der Waals surface area (Å²) in [6, 6.07) is 4.54. The molecule has 4 nitrogen and oxygen atoms in total. The van der Waals surface area contributed by atoms with E-state index in [1.165, 1.54) is 0 Å². The first-order chi connectivity index (χ1) is 8.04. The molecule has 0 spiro atoms. The van der Waals surface area contributed by atoms with E-state index in [0.29, 0.717) is 12.1 Å². The predicted molar refractivity (Wildman–Crippen MR) is 69.0 cm³/mol. The number of hydrogen-bond donors (Lipinski definition) is 3. The molecule has 1 amide bonds. The molecule has 1 atom stereocenters. The Morgan fingerprint density at radius 2 is 2.24 bits per heavy atom. The normalized spacial score (nSPS) is 12.2. The van der Waals surface area contributed by atoms with E-state index in [-0.39, 0.29) is 11.7 Å². The molecular formula is C13H20N2O2. The molecule has 0 aliphatic carbocycles. The highest BCUT2D eigenvalue weighted by molar-refractivity contribution is 5.95. The highest BCUT2D eigenvalue weighted by atomic mass is 16.3. The number of aromatic hydroxyl groups is 1. The summed E-state index contributed by atoms with van der Waals surface area (Å²) in [5.74, 6) is -0.189. The number of hydrogen-bond acceptors (Lipinski definition) is 3. The quantitative estimate of drug-likeness (QED) is 0.686. The van der Waals surface area contributed by atoms with Crippen LogP contribution in [0.3, 0.4) is 0 Å². The third-order valence-electron chi connectivity index (χ3n) is 2.62. The Morgan fingerprint density at radius 1 is 1.53 bits per heavy atom. The summed E-state index contributed by atoms with van der Waals surface area (Å²) >= 11 is 0. The minimum atomic E-state index is -0.519. The van der Waals surface area contributed by atoms with Crippen LogP contribution < -0.4 is 11.1 Å². The topological polar surface area (TPSA) is 75.4 Å². The van der Waals surface area contributed by atoms with E-state index in [2.05, 4.69) is 12.2 Å². The van der Waals surface area contributed by atoms with Crippen molar-refractivity contribution in [3.05, 3.63) is 23.8 Å². The molecule has 0 heterocycles. The van der Waals surface area contributed by atoms with Crippen molar-refractivity contribution in [1.82, 2.24) is 0 Å². The van der Waals surface area contributed by atoms with Gasteiger partial charge in [0.1, 0.15) is 5.75 Å². The number of phenols is 1. The lowest BCUT2D eigenvalue weighted by Gasteiger charge is -2.13. The molecule has 0 radical (unpaired) electrons. The molecule has 17 heavy (non-hydrogen) atoms. The van der Waals surface area contributed by atoms with Crippen LogP contribution in [0.1, 0.15) is 31.7 Å². The Bertz CT molecular complexity index is 391. The van der Waals surface area contributed by atoms with Crippen LogP contribution in [0.2, 0.25) is 0 Å². The summed E-state index contributed by atoms with van der Waals surface area (Å²) in [7, 11) is 0. The molecule has 0 aromatic heterocycles. The molecule has 94 valence electrons. The molecule has 1 rings (SSSR count). The standard InChI is InChI=1S/C13H20N2O2/c1-3-4-5-10(14)13(17)15-11-8-9(2)6-7-12(11)16/h6-8,10,16H,3-5,14H2,1-2H3,(H,15,17)/t10-/m0/s1. The lowest BCUT2D eigenvalue weighted by Crippen LogP contribution is -2.35. The van der Waals surface area contributed by atoms with Gasteiger partial charge in [-0.2, -0.15) is 0 Å². The van der Waals surface area contributed by atoms with Gasteiger partial charge in [-0.3, -0.25) is 4.79 Å². The van der Waals surface area contributed by atoms with Crippen LogP contribution in [-0.2, 0) is 4.79 Å². The van der Waals surface area contributed by atoms with E-state index >= 15 is 0 Å². The molecule has 0 aliphatic rings. The maximum Gasteiger partial charge on any atom is 0.241 e. The van der Waals surface area contributed by atoms with Gasteiger partial charge in [-0.25, -0.2) is 0 Å². The number of nitrogens with one attached hydrogen (secondary N) is 1. The van der Waals surface area contributed by atoms with Crippen molar-refractivity contribution in [1.29, 1.82) is 0 Å². The summed E-state index contributed by atoms with van der Waals surface area (Å²) < 4.78 is 0. The van der Waals surface area contributed by atoms with E-state index in [0.717, 1.165) is 18.4 Å². The number of unbranched alkanes of at least 4 members (excludes halogenated alkanes) is 1. The maximum atomic E-state index is 11.7. The molecule has 4 N–H and O–H groups in total. The van der Waals surface area contributed by atoms with Crippen LogP contribution in [-0.4, -0.2) is 17.1 Å². The van der Waals surface area contributed by atoms with E-state index < -0.39 is 6.04 Å². The average molecular weight is 236 g/mol. The van der Waals surface area contributed by atoms with Crippen molar-refractivity contribution < 1.29 is 9.90 Å². The Labute approximate surface area is 102 Å². The maximum absolute atomic E-state index is 11.7. The second-order valence-corrected chi connectivity index (χ2v) is 4.26. The summed E-state index contributed by atoms with van der Waals surface area (Å²) in [4.78, 5) is 11.7. The van der Waals surface area contributed by atoms with Crippen molar-refractivity contribution >= 4 is 11.6 Å². The van der Waals surface area contributed by atoms with E-state index in [1.807, 2.05) is 6.92 Å². The van der Waals surface area contributed by atoms with Gasteiger partial charge in [-0.15, -0.1) is 0 Å². The number of benzene rings is 1. The highest BCUT2D eigenvalue weighted by Gasteiger charge is 2.14. The van der Waals surface area contributed by atoms with E-state index in [9.17, 15) is 9.90 Å². The van der Waals surface area contributed by atoms with Crippen molar-refractivity contribution in [2.75, 3.05) is 5.32 Å². The fraction of sp³-hybridized carbons (Fsp3) is 0.462. The van der Waals surface area contributed by atoms with E-state index in [1.54, 1.807) is 18.2 Å². The first-order valence-corrected chi connectivity index (χ1v) is 5.90. The molecule has 4 heteroatoms. The fourth-order valence-corrected chi connectivity index (χ4v) is 1.53. The van der Waals surface area contributed by atoms with Gasteiger partial charge in [0, 0.05) is 0 Å². The summed E-state index contributed by atoms with van der Waals surface area (Å²) in [5, 5.41) is 12.2. The Kier molecular flexibility index (Phi) is 4.97. The van der Waals surface area contributed by atoms with Crippen molar-refractivity contribution in [3.63, 3.8) is 0 Å². The molecule has 0 fully saturated rings. The molecule has 0 saturated heterocycles. The monoisotopic (exact) mass is 236 g/mol. The van der Waals surface area contributed by atoms with Gasteiger partial charge in [-0.05, 0) is 31.0 Å². The molecular weight excluding hydrogens is 216 g/mol. The minimum absolute atomic E-state index is 0.0617. The molecule has 0 bridgehead atoms. The molecule has 0 saturated carbocycles. The van der Waals surface area contributed by atoms with Crippen molar-refractivity contribution in [3.8, 4) is 5.75 Å². The summed E-state index contributed by atoms with van der Waals surface area (Å²) in [6.45, 7) is 3.95. The van der Waals surface area contributed by atoms with Crippen molar-refractivity contribution in [2.24, 2.45) is 5.73 Å². The minimum Gasteiger partial charge on any atom is -0.506 e. The highest BCUT2D eigenvalue weighted by Crippen LogP contribution is 2.23. The molecule has 0 unspecified atom stereocenters. The van der Waals surface area contributed by atoms with Crippen LogP contribution in [0.5, 0.6) is 5.75 Å². The SMILES string of the molecule is CCCC[C@H](N)C(=O)Nc1cc(C)ccc1O. The second-order valence-electron chi connectivity index (χ2n) is 4.26. The number of phenolic OH excluding ortho intramolecular Hbond substituents is 1. The van der Waals surface area contributed by atoms with E-state index in [4.69, 9.17) is 5.73 Å². The Balaban J connectivity index is 2.64. The Hall–Kier alpha value is -1.55. The summed E-state index contributed by atoms with van der Waals surface area (Å²) in [5.41, 5.74) is 7.14. The summed E-state index contributed by atoms with van der Waals surface area (Å²) in [6.07, 6.45) is 2.60. The van der Waals surface area contributed by atoms with Gasteiger partial charge < -0.3 is 16.2 Å². The zero-order valence-corrected chi connectivity index (χ0v) is 10.4. The molecule has 1 aromatic carbocycles. The van der Waals surface area contributed by atoms with Gasteiger partial charge in [-0.1, -0.05) is 25.8 Å². The van der Waals surface area contributed by atoms with Crippen LogP contribution >= 0.6 is 0 Å². The van der Waals surface area contributed by atoms with Crippen LogP contribution in [0.15, 0.2) is 18.2 Å². The lowest BCUT2D eigenvalue weighted by molar-refractivity contribution is -0.117. The van der Waals surface area contributed by atoms with Crippen LogP contribution in [0, 0.1) is 6.92 Å². The van der Waals surface area contributed by atoms with Gasteiger partial charge >= 0.3 is 0 Å². The average Bonchev–Trinajstić information content (AvgIpc) is 2.30. The molecule has 1 aromatic rings. The number of carbonyl (C=O) groups is 1. The lowest BCUT2D eigenvalue weighted by atomic mass is 10.1. The largest absolute Gasteiger partial charge is 0.506 e. The number of amides is 1. The third kappa shape index (κ3) is 4.07. The van der Waals surface area contributed by atoms with Gasteiger partial charge in [0.15, 0.2) is 0 Å². The molecule has 0 aliphatic heterocycles. The van der Waals surface area contributed by atoms with Gasteiger partial charge in [0.2, 0.25) is 5.91 Å². The smallest absolute Gasteiger partial charge is 0.241 e. The third-order valence-corrected chi connectivity index (χ3v) is 2.62. The van der Waals surface area contributed by atoms with Gasteiger partial charge in [0.25, 0.3) is 0 Å².